The Kier molecular flexibility index (Phi) is 6.41. The Morgan fingerprint density at radius 2 is 1.66 bits per heavy atom. The summed E-state index contributed by atoms with van der Waals surface area (Å²) in [7, 11) is 0. The van der Waals surface area contributed by atoms with Crippen molar-refractivity contribution in [3.8, 4) is 0 Å². The first kappa shape index (κ1) is 21.4. The molecule has 2 heterocycles. The maximum atomic E-state index is 6.22. The van der Waals surface area contributed by atoms with Crippen LogP contribution in [0.5, 0.6) is 0 Å². The predicted octanol–water partition coefficient (Wildman–Crippen LogP) is 8.31. The van der Waals surface area contributed by atoms with E-state index in [2.05, 4.69) is 41.5 Å². The predicted molar refractivity (Wildman–Crippen MR) is 130 cm³/mol. The summed E-state index contributed by atoms with van der Waals surface area (Å²) in [5.41, 5.74) is 2.20. The van der Waals surface area contributed by atoms with Crippen LogP contribution in [0.4, 0.5) is 5.69 Å². The van der Waals surface area contributed by atoms with Gasteiger partial charge in [0.25, 0.3) is 5.01 Å². The van der Waals surface area contributed by atoms with Crippen molar-refractivity contribution in [2.75, 3.05) is 11.4 Å². The van der Waals surface area contributed by atoms with E-state index in [9.17, 15) is 0 Å². The van der Waals surface area contributed by atoms with Crippen LogP contribution < -0.4 is 9.47 Å². The lowest BCUT2D eigenvalue weighted by Crippen LogP contribution is -2.33. The summed E-state index contributed by atoms with van der Waals surface area (Å²) in [4.78, 5) is 3.36. The Morgan fingerprint density at radius 3 is 2.38 bits per heavy atom. The number of aromatic nitrogens is 1. The Hall–Kier alpha value is -0.880. The van der Waals surface area contributed by atoms with E-state index in [1.54, 1.807) is 23.1 Å². The third-order valence-corrected chi connectivity index (χ3v) is 8.33. The van der Waals surface area contributed by atoms with E-state index >= 15 is 0 Å². The van der Waals surface area contributed by atoms with E-state index in [4.69, 9.17) is 46.4 Å². The molecule has 150 valence electrons. The molecular weight excluding hydrogens is 486 g/mol. The van der Waals surface area contributed by atoms with E-state index in [1.807, 2.05) is 24.3 Å². The third kappa shape index (κ3) is 4.04. The van der Waals surface area contributed by atoms with E-state index < -0.39 is 0 Å². The molecule has 0 unspecified atom stereocenters. The molecule has 0 bridgehead atoms. The minimum atomic E-state index is 0.577. The minimum Gasteiger partial charge on any atom is -0.335 e. The average Bonchev–Trinajstić information content (AvgIpc) is 3.19. The summed E-state index contributed by atoms with van der Waals surface area (Å²) >= 11 is 28.2. The van der Waals surface area contributed by atoms with E-state index in [1.165, 1.54) is 0 Å². The second-order valence-electron chi connectivity index (χ2n) is 6.36. The second-order valence-corrected chi connectivity index (χ2v) is 10.1. The molecule has 0 amide bonds. The topological polar surface area (TPSA) is 7.12 Å². The zero-order valence-corrected chi connectivity index (χ0v) is 20.3. The lowest BCUT2D eigenvalue weighted by atomic mass is 10.3. The maximum Gasteiger partial charge on any atom is 0.262 e. The van der Waals surface area contributed by atoms with Crippen molar-refractivity contribution in [2.24, 2.45) is 0 Å². The lowest BCUT2D eigenvalue weighted by molar-refractivity contribution is -0.665. The van der Waals surface area contributed by atoms with Crippen LogP contribution in [0, 0.1) is 0 Å². The van der Waals surface area contributed by atoms with Crippen LogP contribution in [0.2, 0.25) is 20.1 Å². The molecule has 29 heavy (non-hydrogen) atoms. The van der Waals surface area contributed by atoms with Crippen LogP contribution in [-0.2, 0) is 6.54 Å². The van der Waals surface area contributed by atoms with Gasteiger partial charge in [0.2, 0.25) is 5.52 Å². The molecule has 0 saturated heterocycles. The summed E-state index contributed by atoms with van der Waals surface area (Å²) in [6, 6.07) is 7.73. The summed E-state index contributed by atoms with van der Waals surface area (Å²) in [6.45, 7) is 5.96. The van der Waals surface area contributed by atoms with Gasteiger partial charge < -0.3 is 4.90 Å². The van der Waals surface area contributed by atoms with Crippen molar-refractivity contribution in [1.29, 1.82) is 0 Å². The quantitative estimate of drug-likeness (QED) is 0.331. The highest BCUT2D eigenvalue weighted by Gasteiger charge is 2.25. The van der Waals surface area contributed by atoms with Gasteiger partial charge >= 0.3 is 0 Å². The third-order valence-electron chi connectivity index (χ3n) is 4.66. The van der Waals surface area contributed by atoms with Gasteiger partial charge in [0.1, 0.15) is 11.2 Å². The van der Waals surface area contributed by atoms with Gasteiger partial charge in [0, 0.05) is 23.6 Å². The number of nitrogens with zero attached hydrogens (tertiary/aromatic N) is 2. The van der Waals surface area contributed by atoms with Gasteiger partial charge in [-0.25, -0.2) is 0 Å². The normalized spacial score (nSPS) is 15.2. The summed E-state index contributed by atoms with van der Waals surface area (Å²) < 4.78 is 3.36. The van der Waals surface area contributed by atoms with Crippen molar-refractivity contribution in [1.82, 2.24) is 0 Å². The number of anilines is 1. The van der Waals surface area contributed by atoms with Crippen molar-refractivity contribution in [2.45, 2.75) is 25.3 Å². The first-order chi connectivity index (χ1) is 13.9. The lowest BCUT2D eigenvalue weighted by Gasteiger charge is -2.17. The van der Waals surface area contributed by atoms with Gasteiger partial charge in [-0.3, -0.25) is 0 Å². The van der Waals surface area contributed by atoms with Gasteiger partial charge in [0.15, 0.2) is 0 Å². The molecule has 0 fully saturated rings. The molecule has 3 aromatic rings. The summed E-state index contributed by atoms with van der Waals surface area (Å²) in [5, 5.41) is 4.61. The minimum absolute atomic E-state index is 0.577. The van der Waals surface area contributed by atoms with Gasteiger partial charge in [-0.2, -0.15) is 4.57 Å². The Balaban J connectivity index is 1.67. The number of hydrogen-bond donors (Lipinski definition) is 0. The molecule has 0 N–H and O–H groups in total. The largest absolute Gasteiger partial charge is 0.335 e. The van der Waals surface area contributed by atoms with Crippen LogP contribution in [0.25, 0.3) is 16.3 Å². The van der Waals surface area contributed by atoms with Crippen molar-refractivity contribution in [3.63, 3.8) is 0 Å². The molecule has 0 aliphatic carbocycles. The van der Waals surface area contributed by atoms with E-state index in [0.717, 1.165) is 43.9 Å². The Bertz CT molecular complexity index is 1170. The van der Waals surface area contributed by atoms with Crippen LogP contribution in [0.3, 0.4) is 0 Å². The van der Waals surface area contributed by atoms with Crippen LogP contribution >= 0.6 is 69.5 Å². The number of thioether (sulfide) groups is 1. The summed E-state index contributed by atoms with van der Waals surface area (Å²) in [6.07, 6.45) is 6.33. The van der Waals surface area contributed by atoms with Crippen LogP contribution in [0.1, 0.15) is 18.9 Å². The number of aryl methyl sites for hydroxylation is 1. The highest BCUT2D eigenvalue weighted by atomic mass is 35.5. The zero-order chi connectivity index (χ0) is 20.7. The molecule has 8 heteroatoms. The maximum absolute atomic E-state index is 6.22. The van der Waals surface area contributed by atoms with Crippen molar-refractivity contribution >= 4 is 91.5 Å². The van der Waals surface area contributed by atoms with E-state index in [-0.39, 0.29) is 0 Å². The number of halogens is 4. The molecule has 0 saturated carbocycles. The molecule has 1 aromatic heterocycles. The number of fused-ring (bicyclic) bond motifs is 2. The fourth-order valence-electron chi connectivity index (χ4n) is 3.31. The van der Waals surface area contributed by atoms with Crippen LogP contribution in [-0.4, -0.2) is 6.54 Å². The highest BCUT2D eigenvalue weighted by Crippen LogP contribution is 2.48. The highest BCUT2D eigenvalue weighted by molar-refractivity contribution is 8.03. The monoisotopic (exact) mass is 501 g/mol. The van der Waals surface area contributed by atoms with Gasteiger partial charge in [-0.1, -0.05) is 75.6 Å². The Morgan fingerprint density at radius 1 is 0.966 bits per heavy atom. The van der Waals surface area contributed by atoms with Crippen molar-refractivity contribution in [3.05, 3.63) is 66.5 Å². The fraction of sp³-hybridized carbons (Fsp3) is 0.190. The Labute approximate surface area is 198 Å². The zero-order valence-electron chi connectivity index (χ0n) is 15.7. The molecule has 2 aromatic carbocycles. The number of thiazole rings is 1. The average molecular weight is 503 g/mol. The standard InChI is InChI=1S/C21H17Cl4N2S2/c1-3-26-16-8-12(22)14(24)10-18(16)28-20(26)6-5-7-21-27(4-2)17-9-13(23)15(25)11-19(17)29-21/h5-11H,3-4H2,1-2H3/q+1. The second kappa shape index (κ2) is 8.70. The smallest absolute Gasteiger partial charge is 0.262 e. The van der Waals surface area contributed by atoms with Gasteiger partial charge in [-0.15, -0.1) is 0 Å². The number of hydrogen-bond acceptors (Lipinski definition) is 3. The molecule has 1 aliphatic heterocycles. The molecular formula is C21H17Cl4N2S2+. The number of rotatable bonds is 4. The number of allylic oxidation sites excluding steroid dienone is 2. The molecule has 0 spiro atoms. The molecule has 0 radical (unpaired) electrons. The molecule has 1 aliphatic rings. The van der Waals surface area contributed by atoms with Crippen molar-refractivity contribution < 1.29 is 4.57 Å². The molecule has 4 rings (SSSR count). The number of benzene rings is 2. The fourth-order valence-corrected chi connectivity index (χ4v) is 6.40. The van der Waals surface area contributed by atoms with E-state index in [0.29, 0.717) is 20.1 Å². The molecule has 2 nitrogen and oxygen atoms in total. The molecule has 0 atom stereocenters. The SMILES string of the molecule is CCN1C(=CC=Cc2sc3cc(Cl)c(Cl)cc3[n+]2CC)Sc2cc(Cl)c(Cl)cc21. The first-order valence-corrected chi connectivity index (χ1v) is 12.2. The van der Waals surface area contributed by atoms with Crippen LogP contribution in [0.15, 0.2) is 46.3 Å². The van der Waals surface area contributed by atoms with Gasteiger partial charge in [-0.05, 0) is 38.1 Å². The van der Waals surface area contributed by atoms with Gasteiger partial charge in [0.05, 0.1) is 30.8 Å². The first-order valence-electron chi connectivity index (χ1n) is 9.07. The summed E-state index contributed by atoms with van der Waals surface area (Å²) in [5.74, 6) is 0.